The predicted molar refractivity (Wildman–Crippen MR) is 156 cm³/mol. The first kappa shape index (κ1) is 23.4. The maximum atomic E-state index is 5.93. The SMILES string of the molecule is CCc1ccc(C2=C(c3ccccc3)C(c3ccccc3)=C(c3ccc(CN)cc3)S2(C)C)cc1. The molecule has 2 N–H and O–H groups in total. The van der Waals surface area contributed by atoms with Crippen LogP contribution in [-0.4, -0.2) is 12.5 Å². The number of benzene rings is 4. The van der Waals surface area contributed by atoms with Crippen LogP contribution in [0.3, 0.4) is 0 Å². The van der Waals surface area contributed by atoms with Gasteiger partial charge in [0.1, 0.15) is 0 Å². The topological polar surface area (TPSA) is 26.0 Å². The molecular weight excluding hydrogens is 442 g/mol. The van der Waals surface area contributed by atoms with Gasteiger partial charge in [0.25, 0.3) is 0 Å². The lowest BCUT2D eigenvalue weighted by molar-refractivity contribution is 1.07. The van der Waals surface area contributed by atoms with Crippen molar-refractivity contribution in [2.45, 2.75) is 19.9 Å². The maximum absolute atomic E-state index is 5.93. The average molecular weight is 476 g/mol. The van der Waals surface area contributed by atoms with E-state index in [1.54, 1.807) is 0 Å². The summed E-state index contributed by atoms with van der Waals surface area (Å²) in [6.07, 6.45) is 5.97. The van der Waals surface area contributed by atoms with Crippen LogP contribution in [0.1, 0.15) is 40.3 Å². The molecule has 1 nitrogen and oxygen atoms in total. The fraction of sp³-hybridized carbons (Fsp3) is 0.152. The van der Waals surface area contributed by atoms with Crippen LogP contribution in [-0.2, 0) is 13.0 Å². The molecule has 4 aromatic rings. The highest BCUT2D eigenvalue weighted by atomic mass is 32.3. The molecule has 0 spiro atoms. The summed E-state index contributed by atoms with van der Waals surface area (Å²) in [4.78, 5) is 2.91. The second-order valence-corrected chi connectivity index (χ2v) is 12.9. The smallest absolute Gasteiger partial charge is 0.0178 e. The highest BCUT2D eigenvalue weighted by Gasteiger charge is 2.39. The Bertz CT molecular complexity index is 1270. The predicted octanol–water partition coefficient (Wildman–Crippen LogP) is 8.22. The van der Waals surface area contributed by atoms with Crippen molar-refractivity contribution < 1.29 is 0 Å². The fourth-order valence-electron chi connectivity index (χ4n) is 5.16. The van der Waals surface area contributed by atoms with E-state index in [9.17, 15) is 0 Å². The van der Waals surface area contributed by atoms with E-state index < -0.39 is 10.0 Å². The average Bonchev–Trinajstić information content (AvgIpc) is 3.16. The van der Waals surface area contributed by atoms with Gasteiger partial charge in [-0.3, -0.25) is 0 Å². The van der Waals surface area contributed by atoms with Crippen LogP contribution in [0.2, 0.25) is 0 Å². The first-order valence-corrected chi connectivity index (χ1v) is 14.7. The maximum Gasteiger partial charge on any atom is 0.0178 e. The zero-order chi connectivity index (χ0) is 24.4. The molecule has 0 fully saturated rings. The van der Waals surface area contributed by atoms with Gasteiger partial charge in [0.15, 0.2) is 0 Å². The van der Waals surface area contributed by atoms with Crippen LogP contribution < -0.4 is 5.73 Å². The van der Waals surface area contributed by atoms with Crippen molar-refractivity contribution in [2.24, 2.45) is 5.73 Å². The number of hydrogen-bond donors (Lipinski definition) is 1. The Morgan fingerprint density at radius 3 is 1.29 bits per heavy atom. The van der Waals surface area contributed by atoms with Gasteiger partial charge in [-0.1, -0.05) is 116 Å². The molecule has 0 radical (unpaired) electrons. The fourth-order valence-corrected chi connectivity index (χ4v) is 8.28. The van der Waals surface area contributed by atoms with E-state index in [0.29, 0.717) is 6.54 Å². The van der Waals surface area contributed by atoms with Crippen molar-refractivity contribution >= 4 is 31.0 Å². The van der Waals surface area contributed by atoms with Crippen molar-refractivity contribution in [3.05, 3.63) is 143 Å². The highest BCUT2D eigenvalue weighted by molar-refractivity contribution is 8.47. The van der Waals surface area contributed by atoms with Gasteiger partial charge in [-0.2, -0.15) is 10.0 Å². The monoisotopic (exact) mass is 475 g/mol. The lowest BCUT2D eigenvalue weighted by Gasteiger charge is -2.34. The van der Waals surface area contributed by atoms with Crippen molar-refractivity contribution in [2.75, 3.05) is 12.5 Å². The Kier molecular flexibility index (Phi) is 6.51. The van der Waals surface area contributed by atoms with E-state index in [1.165, 1.54) is 48.8 Å². The summed E-state index contributed by atoms with van der Waals surface area (Å²) in [6, 6.07) is 39.9. The van der Waals surface area contributed by atoms with Crippen LogP contribution >= 0.6 is 10.0 Å². The summed E-state index contributed by atoms with van der Waals surface area (Å²) in [5.74, 6) is 0. The zero-order valence-corrected chi connectivity index (χ0v) is 21.6. The second-order valence-electron chi connectivity index (χ2n) is 9.42. The first-order chi connectivity index (χ1) is 17.0. The molecule has 4 aromatic carbocycles. The van der Waals surface area contributed by atoms with Crippen molar-refractivity contribution in [1.82, 2.24) is 0 Å². The molecule has 0 amide bonds. The molecule has 0 bridgehead atoms. The van der Waals surface area contributed by atoms with Crippen LogP contribution in [0, 0.1) is 0 Å². The van der Waals surface area contributed by atoms with Crippen LogP contribution in [0.4, 0.5) is 0 Å². The number of hydrogen-bond acceptors (Lipinski definition) is 1. The molecule has 0 atom stereocenters. The highest BCUT2D eigenvalue weighted by Crippen LogP contribution is 2.74. The molecule has 176 valence electrons. The molecule has 1 aliphatic rings. The number of aryl methyl sites for hydroxylation is 1. The minimum absolute atomic E-state index is 0.559. The van der Waals surface area contributed by atoms with Gasteiger partial charge in [0.2, 0.25) is 0 Å². The summed E-state index contributed by atoms with van der Waals surface area (Å²) in [5.41, 5.74) is 16.3. The van der Waals surface area contributed by atoms with Crippen molar-refractivity contribution in [1.29, 1.82) is 0 Å². The largest absolute Gasteiger partial charge is 0.326 e. The third-order valence-electron chi connectivity index (χ3n) is 6.93. The molecule has 0 saturated heterocycles. The standard InChI is InChI=1S/C33H33NS/c1-4-24-15-19-28(20-16-24)32-30(26-11-7-5-8-12-26)31(27-13-9-6-10-14-27)33(35(32,2)3)29-21-17-25(23-34)18-22-29/h5-22H,4,23,34H2,1-3H3. The molecule has 0 aromatic heterocycles. The van der Waals surface area contributed by atoms with E-state index in [-0.39, 0.29) is 0 Å². The van der Waals surface area contributed by atoms with Gasteiger partial charge >= 0.3 is 0 Å². The quantitative estimate of drug-likeness (QED) is 0.299. The van der Waals surface area contributed by atoms with Gasteiger partial charge in [0.05, 0.1) is 0 Å². The number of rotatable bonds is 6. The Morgan fingerprint density at radius 1 is 0.514 bits per heavy atom. The van der Waals surface area contributed by atoms with Crippen LogP contribution in [0.5, 0.6) is 0 Å². The Morgan fingerprint density at radius 2 is 0.914 bits per heavy atom. The Hall–Kier alpha value is -3.33. The lowest BCUT2D eigenvalue weighted by Crippen LogP contribution is -2.01. The summed E-state index contributed by atoms with van der Waals surface area (Å²) < 4.78 is 0. The molecular formula is C33H33NS. The second kappa shape index (κ2) is 9.73. The summed E-state index contributed by atoms with van der Waals surface area (Å²) >= 11 is 0. The van der Waals surface area contributed by atoms with Crippen molar-refractivity contribution in [3.63, 3.8) is 0 Å². The number of nitrogens with two attached hydrogens (primary N) is 1. The van der Waals surface area contributed by atoms with E-state index in [2.05, 4.69) is 129 Å². The Balaban J connectivity index is 1.86. The molecule has 5 rings (SSSR count). The first-order valence-electron chi connectivity index (χ1n) is 12.3. The molecule has 0 saturated carbocycles. The minimum atomic E-state index is -1.34. The Labute approximate surface area is 211 Å². The third-order valence-corrected chi connectivity index (χ3v) is 9.85. The normalized spacial score (nSPS) is 16.0. The zero-order valence-electron chi connectivity index (χ0n) is 20.8. The van der Waals surface area contributed by atoms with E-state index in [1.807, 2.05) is 0 Å². The summed E-state index contributed by atoms with van der Waals surface area (Å²) in [5, 5.41) is 0. The van der Waals surface area contributed by atoms with Gasteiger partial charge in [-0.05, 0) is 52.3 Å². The van der Waals surface area contributed by atoms with Crippen LogP contribution in [0.25, 0.3) is 21.0 Å². The van der Waals surface area contributed by atoms with Gasteiger partial charge in [-0.25, -0.2) is 0 Å². The van der Waals surface area contributed by atoms with E-state index in [0.717, 1.165) is 12.0 Å². The van der Waals surface area contributed by atoms with Gasteiger partial charge < -0.3 is 5.73 Å². The molecule has 0 aliphatic carbocycles. The lowest BCUT2D eigenvalue weighted by atomic mass is 9.89. The van der Waals surface area contributed by atoms with E-state index in [4.69, 9.17) is 5.73 Å². The number of allylic oxidation sites excluding steroid dienone is 2. The van der Waals surface area contributed by atoms with Crippen LogP contribution in [0.15, 0.2) is 109 Å². The minimum Gasteiger partial charge on any atom is -0.326 e. The third kappa shape index (κ3) is 4.29. The van der Waals surface area contributed by atoms with Crippen molar-refractivity contribution in [3.8, 4) is 0 Å². The summed E-state index contributed by atoms with van der Waals surface area (Å²) in [6.45, 7) is 2.77. The molecule has 2 heteroatoms. The molecule has 1 heterocycles. The van der Waals surface area contributed by atoms with Gasteiger partial charge in [-0.15, -0.1) is 0 Å². The molecule has 1 aliphatic heterocycles. The summed E-state index contributed by atoms with van der Waals surface area (Å²) in [7, 11) is -1.34. The van der Waals surface area contributed by atoms with E-state index >= 15 is 0 Å². The molecule has 0 unspecified atom stereocenters. The van der Waals surface area contributed by atoms with Gasteiger partial charge in [0, 0.05) is 27.5 Å². The molecule has 35 heavy (non-hydrogen) atoms.